The average Bonchev–Trinajstić information content (AvgIpc) is 2.77. The Bertz CT molecular complexity index is 910. The molecule has 1 aromatic heterocycles. The number of nitrogens with zero attached hydrogens (tertiary/aromatic N) is 3. The van der Waals surface area contributed by atoms with Gasteiger partial charge in [0.2, 0.25) is 0 Å². The van der Waals surface area contributed by atoms with Crippen molar-refractivity contribution in [1.82, 2.24) is 15.5 Å². The van der Waals surface area contributed by atoms with Gasteiger partial charge in [-0.1, -0.05) is 42.5 Å². The first kappa shape index (κ1) is 20.3. The van der Waals surface area contributed by atoms with Gasteiger partial charge in [-0.15, -0.1) is 10.2 Å². The molecule has 1 N–H and O–H groups in total. The molecule has 0 bridgehead atoms. The Morgan fingerprint density at radius 1 is 0.966 bits per heavy atom. The Morgan fingerprint density at radius 3 is 2.28 bits per heavy atom. The van der Waals surface area contributed by atoms with E-state index in [1.807, 2.05) is 48.5 Å². The summed E-state index contributed by atoms with van der Waals surface area (Å²) in [4.78, 5) is 14.5. The van der Waals surface area contributed by atoms with Gasteiger partial charge >= 0.3 is 0 Å². The molecule has 0 aliphatic heterocycles. The van der Waals surface area contributed by atoms with Crippen LogP contribution in [-0.4, -0.2) is 29.3 Å². The highest BCUT2D eigenvalue weighted by molar-refractivity contribution is 5.92. The normalized spacial score (nSPS) is 10.6. The fraction of sp³-hybridized carbons (Fsp3) is 0.261. The van der Waals surface area contributed by atoms with Crippen molar-refractivity contribution < 1.29 is 9.53 Å². The highest BCUT2D eigenvalue weighted by Gasteiger charge is 2.15. The number of rotatable bonds is 8. The predicted octanol–water partition coefficient (Wildman–Crippen LogP) is 3.83. The van der Waals surface area contributed by atoms with Gasteiger partial charge in [-0.25, -0.2) is 0 Å². The molecule has 0 aliphatic carbocycles. The fourth-order valence-electron chi connectivity index (χ4n) is 2.92. The van der Waals surface area contributed by atoms with E-state index in [4.69, 9.17) is 4.74 Å². The number of nitrogens with one attached hydrogen (secondary N) is 1. The van der Waals surface area contributed by atoms with Gasteiger partial charge in [0.1, 0.15) is 5.75 Å². The van der Waals surface area contributed by atoms with Crippen molar-refractivity contribution in [3.63, 3.8) is 0 Å². The number of benzene rings is 2. The molecule has 0 fully saturated rings. The van der Waals surface area contributed by atoms with Crippen LogP contribution in [0.5, 0.6) is 5.75 Å². The Hall–Kier alpha value is -3.41. The second-order valence-electron chi connectivity index (χ2n) is 7.01. The SMILES string of the molecule is COc1ccc(CNC(=O)c2ccc(N(Cc3ccccc3)C(C)C)nn2)cc1. The average molecular weight is 390 g/mol. The Morgan fingerprint density at radius 2 is 1.69 bits per heavy atom. The zero-order chi connectivity index (χ0) is 20.6. The first-order valence-electron chi connectivity index (χ1n) is 9.62. The van der Waals surface area contributed by atoms with Gasteiger partial charge in [0.25, 0.3) is 5.91 Å². The van der Waals surface area contributed by atoms with E-state index in [1.54, 1.807) is 13.2 Å². The van der Waals surface area contributed by atoms with Crippen molar-refractivity contribution in [1.29, 1.82) is 0 Å². The van der Waals surface area contributed by atoms with Crippen molar-refractivity contribution in [2.45, 2.75) is 33.0 Å². The Balaban J connectivity index is 1.63. The summed E-state index contributed by atoms with van der Waals surface area (Å²) in [7, 11) is 1.62. The van der Waals surface area contributed by atoms with Crippen LogP contribution >= 0.6 is 0 Å². The lowest BCUT2D eigenvalue weighted by molar-refractivity contribution is 0.0945. The van der Waals surface area contributed by atoms with E-state index >= 15 is 0 Å². The molecule has 29 heavy (non-hydrogen) atoms. The number of ether oxygens (including phenoxy) is 1. The molecule has 1 heterocycles. The minimum absolute atomic E-state index is 0.249. The van der Waals surface area contributed by atoms with E-state index in [9.17, 15) is 4.79 Å². The molecule has 6 heteroatoms. The van der Waals surface area contributed by atoms with Crippen LogP contribution in [0.3, 0.4) is 0 Å². The standard InChI is InChI=1S/C23H26N4O2/c1-17(2)27(16-19-7-5-4-6-8-19)22-14-13-21(25-26-22)23(28)24-15-18-9-11-20(29-3)12-10-18/h4-14,17H,15-16H2,1-3H3,(H,24,28). The summed E-state index contributed by atoms with van der Waals surface area (Å²) >= 11 is 0. The molecular weight excluding hydrogens is 364 g/mol. The number of aromatic nitrogens is 2. The summed E-state index contributed by atoms with van der Waals surface area (Å²) in [5.41, 5.74) is 2.48. The monoisotopic (exact) mass is 390 g/mol. The molecule has 150 valence electrons. The van der Waals surface area contributed by atoms with E-state index in [0.717, 1.165) is 23.7 Å². The summed E-state index contributed by atoms with van der Waals surface area (Å²) in [6, 6.07) is 21.6. The quantitative estimate of drug-likeness (QED) is 0.633. The van der Waals surface area contributed by atoms with Gasteiger partial charge < -0.3 is 15.0 Å². The van der Waals surface area contributed by atoms with E-state index < -0.39 is 0 Å². The van der Waals surface area contributed by atoms with Crippen LogP contribution in [0.15, 0.2) is 66.7 Å². The zero-order valence-electron chi connectivity index (χ0n) is 17.0. The van der Waals surface area contributed by atoms with E-state index in [-0.39, 0.29) is 11.9 Å². The number of carbonyl (C=O) groups is 1. The van der Waals surface area contributed by atoms with Gasteiger partial charge in [0.15, 0.2) is 11.5 Å². The lowest BCUT2D eigenvalue weighted by atomic mass is 10.2. The minimum Gasteiger partial charge on any atom is -0.497 e. The highest BCUT2D eigenvalue weighted by Crippen LogP contribution is 2.17. The van der Waals surface area contributed by atoms with E-state index in [1.165, 1.54) is 5.56 Å². The number of methoxy groups -OCH3 is 1. The molecule has 3 rings (SSSR count). The number of anilines is 1. The second kappa shape index (κ2) is 9.68. The summed E-state index contributed by atoms with van der Waals surface area (Å²) < 4.78 is 5.14. The van der Waals surface area contributed by atoms with Gasteiger partial charge in [0, 0.05) is 19.1 Å². The zero-order valence-corrected chi connectivity index (χ0v) is 17.0. The number of hydrogen-bond acceptors (Lipinski definition) is 5. The van der Waals surface area contributed by atoms with Gasteiger partial charge in [-0.2, -0.15) is 0 Å². The molecule has 6 nitrogen and oxygen atoms in total. The van der Waals surface area contributed by atoms with Crippen molar-refractivity contribution in [3.05, 3.63) is 83.6 Å². The Kier molecular flexibility index (Phi) is 6.79. The summed E-state index contributed by atoms with van der Waals surface area (Å²) in [6.07, 6.45) is 0. The van der Waals surface area contributed by atoms with Gasteiger partial charge in [0.05, 0.1) is 7.11 Å². The van der Waals surface area contributed by atoms with Gasteiger partial charge in [-0.05, 0) is 49.2 Å². The number of amides is 1. The van der Waals surface area contributed by atoms with Crippen molar-refractivity contribution in [2.24, 2.45) is 0 Å². The van der Waals surface area contributed by atoms with Crippen molar-refractivity contribution in [2.75, 3.05) is 12.0 Å². The molecule has 0 spiro atoms. The third-order valence-corrected chi connectivity index (χ3v) is 4.61. The Labute approximate surface area is 171 Å². The fourth-order valence-corrected chi connectivity index (χ4v) is 2.92. The lowest BCUT2D eigenvalue weighted by Crippen LogP contribution is -2.31. The maximum absolute atomic E-state index is 12.4. The molecule has 3 aromatic rings. The summed E-state index contributed by atoms with van der Waals surface area (Å²) in [6.45, 7) is 5.37. The maximum atomic E-state index is 12.4. The molecule has 0 radical (unpaired) electrons. The van der Waals surface area contributed by atoms with Crippen LogP contribution in [0, 0.1) is 0 Å². The van der Waals surface area contributed by atoms with Crippen LogP contribution in [0.25, 0.3) is 0 Å². The van der Waals surface area contributed by atoms with Crippen LogP contribution in [0.4, 0.5) is 5.82 Å². The minimum atomic E-state index is -0.251. The molecule has 0 aliphatic rings. The van der Waals surface area contributed by atoms with Gasteiger partial charge in [-0.3, -0.25) is 4.79 Å². The van der Waals surface area contributed by atoms with Crippen LogP contribution < -0.4 is 15.0 Å². The van der Waals surface area contributed by atoms with Crippen LogP contribution in [0.1, 0.15) is 35.5 Å². The first-order valence-corrected chi connectivity index (χ1v) is 9.62. The largest absolute Gasteiger partial charge is 0.497 e. The third kappa shape index (κ3) is 5.54. The second-order valence-corrected chi connectivity index (χ2v) is 7.01. The van der Waals surface area contributed by atoms with Crippen LogP contribution in [-0.2, 0) is 13.1 Å². The molecule has 0 unspecified atom stereocenters. The smallest absolute Gasteiger partial charge is 0.272 e. The third-order valence-electron chi connectivity index (χ3n) is 4.61. The highest BCUT2D eigenvalue weighted by atomic mass is 16.5. The summed E-state index contributed by atoms with van der Waals surface area (Å²) in [5, 5.41) is 11.3. The molecule has 1 amide bonds. The summed E-state index contributed by atoms with van der Waals surface area (Å²) in [5.74, 6) is 1.28. The first-order chi connectivity index (χ1) is 14.1. The molecule has 0 saturated heterocycles. The topological polar surface area (TPSA) is 67.3 Å². The van der Waals surface area contributed by atoms with Crippen molar-refractivity contribution in [3.8, 4) is 5.75 Å². The molecule has 0 saturated carbocycles. The van der Waals surface area contributed by atoms with E-state index in [0.29, 0.717) is 12.2 Å². The molecular formula is C23H26N4O2. The van der Waals surface area contributed by atoms with Crippen molar-refractivity contribution >= 4 is 11.7 Å². The van der Waals surface area contributed by atoms with E-state index in [2.05, 4.69) is 46.4 Å². The molecule has 0 atom stereocenters. The maximum Gasteiger partial charge on any atom is 0.272 e. The predicted molar refractivity (Wildman–Crippen MR) is 114 cm³/mol. The number of hydrogen-bond donors (Lipinski definition) is 1. The van der Waals surface area contributed by atoms with Crippen LogP contribution in [0.2, 0.25) is 0 Å². The number of carbonyl (C=O) groups excluding carboxylic acids is 1. The lowest BCUT2D eigenvalue weighted by Gasteiger charge is -2.27. The molecule has 2 aromatic carbocycles.